The number of carboxylic acids is 3. The molecule has 0 aliphatic heterocycles. The van der Waals surface area contributed by atoms with Gasteiger partial charge in [-0.05, 0) is 0 Å². The van der Waals surface area contributed by atoms with Gasteiger partial charge in [0.15, 0.2) is 6.10 Å². The Bertz CT molecular complexity index is 283. The predicted octanol–water partition coefficient (Wildman–Crippen LogP) is -5.99. The van der Waals surface area contributed by atoms with Crippen LogP contribution < -0.4 is 51.4 Å². The van der Waals surface area contributed by atoms with Gasteiger partial charge in [-0.2, -0.15) is 0 Å². The third-order valence-corrected chi connectivity index (χ3v) is 1.48. The van der Waals surface area contributed by atoms with Crippen LogP contribution in [0.2, 0.25) is 0 Å². The van der Waals surface area contributed by atoms with Gasteiger partial charge in [-0.3, -0.25) is 4.79 Å². The van der Waals surface area contributed by atoms with Crippen LogP contribution >= 0.6 is 0 Å². The van der Waals surface area contributed by atoms with E-state index in [9.17, 15) is 14.4 Å². The summed E-state index contributed by atoms with van der Waals surface area (Å²) in [6.07, 6.45) is -4.11. The molecule has 10 heteroatoms. The van der Waals surface area contributed by atoms with E-state index in [2.05, 4.69) is 0 Å². The molecule has 0 radical (unpaired) electrons. The summed E-state index contributed by atoms with van der Waals surface area (Å²) >= 11 is 0. The van der Waals surface area contributed by atoms with E-state index < -0.39 is 36.0 Å². The van der Waals surface area contributed by atoms with Gasteiger partial charge in [0.2, 0.25) is 5.60 Å². The first-order chi connectivity index (χ1) is 6.21. The van der Waals surface area contributed by atoms with Crippen molar-refractivity contribution < 1.29 is 98.2 Å². The van der Waals surface area contributed by atoms with Crippen molar-refractivity contribution in [2.24, 2.45) is 0 Å². The van der Waals surface area contributed by atoms with Crippen LogP contribution in [0.1, 0.15) is 7.85 Å². The molecule has 0 aliphatic carbocycles. The Morgan fingerprint density at radius 3 is 1.75 bits per heavy atom. The molecule has 90 valence electrons. The van der Waals surface area contributed by atoms with Crippen LogP contribution in [-0.4, -0.2) is 60.6 Å². The van der Waals surface area contributed by atoms with Crippen molar-refractivity contribution in [2.45, 2.75) is 18.1 Å². The number of aliphatic carboxylic acids is 3. The molecule has 0 saturated carbocycles. The quantitative estimate of drug-likeness (QED) is 0.304. The third-order valence-electron chi connectivity index (χ3n) is 1.48. The van der Waals surface area contributed by atoms with Gasteiger partial charge in [-0.15, -0.1) is 0 Å². The summed E-state index contributed by atoms with van der Waals surface area (Å²) in [5.74, 6) is -5.87. The van der Waals surface area contributed by atoms with E-state index in [0.717, 1.165) is 0 Å². The topological polar surface area (TPSA) is 184 Å². The molecule has 0 heterocycles. The largest absolute Gasteiger partial charge is 1.00 e. The van der Waals surface area contributed by atoms with E-state index in [4.69, 9.17) is 25.5 Å². The smallest absolute Gasteiger partial charge is 1.00 e. The average molecular weight is 266 g/mol. The van der Waals surface area contributed by atoms with E-state index >= 15 is 0 Å². The number of hydrogen-bond donors (Lipinski definition) is 5. The zero-order chi connectivity index (χ0) is 11.5. The van der Waals surface area contributed by atoms with Crippen molar-refractivity contribution in [2.75, 3.05) is 0 Å². The monoisotopic (exact) mass is 266 g/mol. The molecule has 7 N–H and O–H groups in total. The maximum absolute atomic E-state index is 10.4. The molecule has 0 aromatic rings. The molecular weight excluding hydrogens is 255 g/mol. The number of carboxylic acid groups (broad SMARTS) is 3. The van der Waals surface area contributed by atoms with E-state index in [-0.39, 0.29) is 58.3 Å². The Hall–Kier alpha value is -0.0736. The van der Waals surface area contributed by atoms with Gasteiger partial charge in [0.1, 0.15) is 0 Å². The molecule has 2 unspecified atom stereocenters. The summed E-state index contributed by atoms with van der Waals surface area (Å²) < 4.78 is 0. The molecule has 0 rings (SSSR count). The number of hydrogen-bond acceptors (Lipinski definition) is 5. The Morgan fingerprint density at radius 1 is 1.19 bits per heavy atom. The van der Waals surface area contributed by atoms with Crippen LogP contribution in [0.25, 0.3) is 0 Å². The van der Waals surface area contributed by atoms with Crippen molar-refractivity contribution in [3.05, 3.63) is 0 Å². The SMILES string of the molecule is O.O=C(O)CC(O)(C(=O)O)C(O)C(=O)O.[H-].[K+]. The number of aliphatic hydroxyl groups is 2. The minimum atomic E-state index is -3.22. The number of carbonyl (C=O) groups is 3. The van der Waals surface area contributed by atoms with Crippen molar-refractivity contribution in [3.8, 4) is 0 Å². The molecule has 0 aliphatic rings. The fraction of sp³-hybridized carbons (Fsp3) is 0.500. The van der Waals surface area contributed by atoms with Gasteiger partial charge in [0.25, 0.3) is 0 Å². The molecule has 0 amide bonds. The minimum Gasteiger partial charge on any atom is -1.00 e. The van der Waals surface area contributed by atoms with Crippen molar-refractivity contribution in [1.29, 1.82) is 0 Å². The first-order valence-electron chi connectivity index (χ1n) is 3.30. The minimum absolute atomic E-state index is 0. The maximum atomic E-state index is 10.4. The molecule has 9 nitrogen and oxygen atoms in total. The summed E-state index contributed by atoms with van der Waals surface area (Å²) in [6.45, 7) is 0. The van der Waals surface area contributed by atoms with Gasteiger partial charge in [0, 0.05) is 0 Å². The van der Waals surface area contributed by atoms with E-state index in [1.165, 1.54) is 0 Å². The van der Waals surface area contributed by atoms with Crippen molar-refractivity contribution in [1.82, 2.24) is 0 Å². The van der Waals surface area contributed by atoms with Gasteiger partial charge >= 0.3 is 69.3 Å². The molecule has 0 aromatic carbocycles. The molecule has 2 atom stereocenters. The first-order valence-corrected chi connectivity index (χ1v) is 3.30. The summed E-state index contributed by atoms with van der Waals surface area (Å²) in [5.41, 5.74) is -3.22. The van der Waals surface area contributed by atoms with Crippen LogP contribution in [-0.2, 0) is 14.4 Å². The second-order valence-electron chi connectivity index (χ2n) is 2.54. The summed E-state index contributed by atoms with van der Waals surface area (Å²) in [7, 11) is 0. The molecule has 0 aromatic heterocycles. The second kappa shape index (κ2) is 8.08. The van der Waals surface area contributed by atoms with Gasteiger partial charge in [-0.1, -0.05) is 0 Å². The molecule has 0 spiro atoms. The predicted molar refractivity (Wildman–Crippen MR) is 43.2 cm³/mol. The fourth-order valence-corrected chi connectivity index (χ4v) is 0.724. The summed E-state index contributed by atoms with van der Waals surface area (Å²) in [4.78, 5) is 30.7. The van der Waals surface area contributed by atoms with Crippen LogP contribution in [0.5, 0.6) is 0 Å². The standard InChI is InChI=1S/C6H8O8.K.H2O.H/c7-2(8)1-6(14,5(12)13)3(9)4(10)11;;;/h3,9,14H,1H2,(H,7,8)(H,10,11)(H,12,13);;1H2;/q;+1;;-1. The molecule has 0 bridgehead atoms. The number of rotatable bonds is 5. The van der Waals surface area contributed by atoms with Crippen molar-refractivity contribution >= 4 is 17.9 Å². The Labute approximate surface area is 133 Å². The second-order valence-corrected chi connectivity index (χ2v) is 2.54. The van der Waals surface area contributed by atoms with Crippen LogP contribution in [0.4, 0.5) is 0 Å². The van der Waals surface area contributed by atoms with Crippen LogP contribution in [0, 0.1) is 0 Å². The van der Waals surface area contributed by atoms with Gasteiger partial charge in [-0.25, -0.2) is 9.59 Å². The Balaban J connectivity index is -0.000000282. The molecule has 16 heavy (non-hydrogen) atoms. The van der Waals surface area contributed by atoms with Crippen molar-refractivity contribution in [3.63, 3.8) is 0 Å². The normalized spacial score (nSPS) is 14.6. The Kier molecular flexibility index (Phi) is 10.7. The van der Waals surface area contributed by atoms with Crippen LogP contribution in [0.3, 0.4) is 0 Å². The maximum Gasteiger partial charge on any atom is 1.00 e. The van der Waals surface area contributed by atoms with E-state index in [1.807, 2.05) is 0 Å². The van der Waals surface area contributed by atoms with E-state index in [0.29, 0.717) is 0 Å². The average Bonchev–Trinajstić information content (AvgIpc) is 2.00. The zero-order valence-electron chi connectivity index (χ0n) is 9.25. The zero-order valence-corrected chi connectivity index (χ0v) is 11.4. The van der Waals surface area contributed by atoms with E-state index in [1.54, 1.807) is 0 Å². The summed E-state index contributed by atoms with van der Waals surface area (Å²) in [5, 5.41) is 42.6. The van der Waals surface area contributed by atoms with Crippen LogP contribution in [0.15, 0.2) is 0 Å². The molecule has 0 saturated heterocycles. The summed E-state index contributed by atoms with van der Waals surface area (Å²) in [6, 6.07) is 0. The first kappa shape index (κ1) is 21.2. The molecular formula is C6H11KO9. The third kappa shape index (κ3) is 5.31. The number of aliphatic hydroxyl groups excluding tert-OH is 1. The Morgan fingerprint density at radius 2 is 1.56 bits per heavy atom. The van der Waals surface area contributed by atoms with Gasteiger partial charge in [0.05, 0.1) is 6.42 Å². The van der Waals surface area contributed by atoms with Gasteiger partial charge < -0.3 is 32.4 Å². The fourth-order valence-electron chi connectivity index (χ4n) is 0.724. The molecule has 0 fully saturated rings.